The highest BCUT2D eigenvalue weighted by molar-refractivity contribution is 5.70. The summed E-state index contributed by atoms with van der Waals surface area (Å²) in [5, 5.41) is 0. The van der Waals surface area contributed by atoms with Gasteiger partial charge in [0, 0.05) is 5.69 Å². The van der Waals surface area contributed by atoms with E-state index in [2.05, 4.69) is 0 Å². The maximum absolute atomic E-state index is 11.9. The highest BCUT2D eigenvalue weighted by Gasteiger charge is 1.93. The van der Waals surface area contributed by atoms with Crippen LogP contribution in [0.5, 0.6) is 5.75 Å². The molecule has 0 aliphatic rings. The highest BCUT2D eigenvalue weighted by atomic mass is 19.1. The largest absolute Gasteiger partial charge is 0.491 e. The van der Waals surface area contributed by atoms with Crippen LogP contribution >= 0.6 is 0 Å². The van der Waals surface area contributed by atoms with E-state index in [0.717, 1.165) is 16.8 Å². The van der Waals surface area contributed by atoms with Crippen LogP contribution in [0.1, 0.15) is 11.1 Å². The molecule has 0 aromatic heterocycles. The molecule has 2 aromatic carbocycles. The number of hydrogen-bond acceptors (Lipinski definition) is 2. The number of nitrogens with two attached hydrogens (primary N) is 1. The number of hydrogen-bond donors (Lipinski definition) is 1. The Bertz CT molecular complexity index is 532. The molecule has 0 spiro atoms. The molecule has 0 aliphatic heterocycles. The van der Waals surface area contributed by atoms with Crippen molar-refractivity contribution in [2.45, 2.75) is 0 Å². The van der Waals surface area contributed by atoms with Crippen molar-refractivity contribution in [3.63, 3.8) is 0 Å². The normalized spacial score (nSPS) is 10.8. The van der Waals surface area contributed by atoms with Crippen LogP contribution in [0.25, 0.3) is 12.2 Å². The van der Waals surface area contributed by atoms with Crippen LogP contribution in [0.3, 0.4) is 0 Å². The Labute approximate surface area is 112 Å². The van der Waals surface area contributed by atoms with E-state index in [-0.39, 0.29) is 6.61 Å². The topological polar surface area (TPSA) is 35.2 Å². The lowest BCUT2D eigenvalue weighted by atomic mass is 10.1. The molecule has 2 N–H and O–H groups in total. The molecule has 0 heterocycles. The Morgan fingerprint density at radius 3 is 1.95 bits per heavy atom. The molecular weight excluding hydrogens is 241 g/mol. The van der Waals surface area contributed by atoms with E-state index in [9.17, 15) is 4.39 Å². The third-order valence-electron chi connectivity index (χ3n) is 2.63. The van der Waals surface area contributed by atoms with Gasteiger partial charge in [0.25, 0.3) is 0 Å². The smallest absolute Gasteiger partial charge is 0.123 e. The Hall–Kier alpha value is -2.29. The lowest BCUT2D eigenvalue weighted by molar-refractivity contribution is 0.273. The lowest BCUT2D eigenvalue weighted by Crippen LogP contribution is -1.98. The van der Waals surface area contributed by atoms with Crippen molar-refractivity contribution in [1.82, 2.24) is 0 Å². The zero-order valence-electron chi connectivity index (χ0n) is 10.6. The van der Waals surface area contributed by atoms with Gasteiger partial charge in [-0.3, -0.25) is 0 Å². The van der Waals surface area contributed by atoms with E-state index >= 15 is 0 Å². The van der Waals surface area contributed by atoms with E-state index in [1.165, 1.54) is 0 Å². The summed E-state index contributed by atoms with van der Waals surface area (Å²) < 4.78 is 17.1. The molecule has 0 saturated carbocycles. The molecule has 3 heteroatoms. The first-order valence-corrected chi connectivity index (χ1v) is 6.10. The van der Waals surface area contributed by atoms with Crippen molar-refractivity contribution in [2.24, 2.45) is 0 Å². The van der Waals surface area contributed by atoms with E-state index in [4.69, 9.17) is 10.5 Å². The molecule has 0 saturated heterocycles. The highest BCUT2D eigenvalue weighted by Crippen LogP contribution is 2.15. The molecule has 0 bridgehead atoms. The van der Waals surface area contributed by atoms with Gasteiger partial charge in [-0.05, 0) is 35.4 Å². The van der Waals surface area contributed by atoms with Gasteiger partial charge in [-0.25, -0.2) is 4.39 Å². The van der Waals surface area contributed by atoms with E-state index in [1.807, 2.05) is 60.7 Å². The van der Waals surface area contributed by atoms with Crippen LogP contribution in [0.4, 0.5) is 10.1 Å². The number of benzene rings is 2. The van der Waals surface area contributed by atoms with Gasteiger partial charge in [0.15, 0.2) is 0 Å². The Balaban J connectivity index is 2.00. The zero-order chi connectivity index (χ0) is 13.5. The van der Waals surface area contributed by atoms with Crippen molar-refractivity contribution in [3.05, 3.63) is 59.7 Å². The second-order valence-corrected chi connectivity index (χ2v) is 4.11. The Morgan fingerprint density at radius 1 is 0.895 bits per heavy atom. The molecular formula is C16H16FNO. The maximum Gasteiger partial charge on any atom is 0.123 e. The van der Waals surface area contributed by atoms with Gasteiger partial charge in [0.2, 0.25) is 0 Å². The zero-order valence-corrected chi connectivity index (χ0v) is 10.6. The monoisotopic (exact) mass is 257 g/mol. The minimum Gasteiger partial charge on any atom is -0.491 e. The fourth-order valence-electron chi connectivity index (χ4n) is 1.63. The third kappa shape index (κ3) is 4.14. The average Bonchev–Trinajstić information content (AvgIpc) is 2.46. The number of anilines is 1. The van der Waals surface area contributed by atoms with E-state index in [1.54, 1.807) is 0 Å². The average molecular weight is 257 g/mol. The second kappa shape index (κ2) is 6.59. The van der Waals surface area contributed by atoms with Crippen molar-refractivity contribution >= 4 is 17.8 Å². The number of halogens is 1. The Morgan fingerprint density at radius 2 is 1.42 bits per heavy atom. The van der Waals surface area contributed by atoms with Crippen molar-refractivity contribution in [1.29, 1.82) is 0 Å². The van der Waals surface area contributed by atoms with Gasteiger partial charge >= 0.3 is 0 Å². The maximum atomic E-state index is 11.9. The predicted molar refractivity (Wildman–Crippen MR) is 77.7 cm³/mol. The molecule has 0 aliphatic carbocycles. The quantitative estimate of drug-likeness (QED) is 0.653. The van der Waals surface area contributed by atoms with Gasteiger partial charge < -0.3 is 10.5 Å². The summed E-state index contributed by atoms with van der Waals surface area (Å²) in [6.45, 7) is -0.376. The van der Waals surface area contributed by atoms with Crippen LogP contribution in [0, 0.1) is 0 Å². The van der Waals surface area contributed by atoms with Gasteiger partial charge in [-0.2, -0.15) is 0 Å². The number of alkyl halides is 1. The van der Waals surface area contributed by atoms with Gasteiger partial charge in [-0.1, -0.05) is 36.4 Å². The molecule has 2 nitrogen and oxygen atoms in total. The molecule has 0 radical (unpaired) electrons. The fraction of sp³-hybridized carbons (Fsp3) is 0.125. The molecule has 19 heavy (non-hydrogen) atoms. The number of nitrogen functional groups attached to an aromatic ring is 1. The first-order chi connectivity index (χ1) is 9.28. The number of rotatable bonds is 5. The van der Waals surface area contributed by atoms with Crippen LogP contribution in [0.15, 0.2) is 48.5 Å². The summed E-state index contributed by atoms with van der Waals surface area (Å²) in [6.07, 6.45) is 4.02. The minimum atomic E-state index is -0.473. The number of ether oxygens (including phenoxy) is 1. The van der Waals surface area contributed by atoms with Gasteiger partial charge in [0.05, 0.1) is 0 Å². The van der Waals surface area contributed by atoms with E-state index < -0.39 is 6.67 Å². The first kappa shape index (κ1) is 13.1. The van der Waals surface area contributed by atoms with Gasteiger partial charge in [-0.15, -0.1) is 0 Å². The summed E-state index contributed by atoms with van der Waals surface area (Å²) in [7, 11) is 0. The predicted octanol–water partition coefficient (Wildman–Crippen LogP) is 3.79. The minimum absolute atomic E-state index is 0.0978. The molecule has 0 amide bonds. The molecule has 2 rings (SSSR count). The van der Waals surface area contributed by atoms with Crippen LogP contribution in [-0.4, -0.2) is 13.3 Å². The molecule has 0 atom stereocenters. The van der Waals surface area contributed by atoms with Crippen LogP contribution < -0.4 is 10.5 Å². The summed E-state index contributed by atoms with van der Waals surface area (Å²) >= 11 is 0. The van der Waals surface area contributed by atoms with Crippen LogP contribution in [-0.2, 0) is 0 Å². The SMILES string of the molecule is Nc1ccc(C=Cc2ccc(OCCF)cc2)cc1. The summed E-state index contributed by atoms with van der Waals surface area (Å²) in [4.78, 5) is 0. The van der Waals surface area contributed by atoms with E-state index in [0.29, 0.717) is 5.75 Å². The van der Waals surface area contributed by atoms with Crippen molar-refractivity contribution < 1.29 is 9.13 Å². The summed E-state index contributed by atoms with van der Waals surface area (Å²) in [6, 6.07) is 15.2. The molecule has 0 fully saturated rings. The first-order valence-electron chi connectivity index (χ1n) is 6.10. The van der Waals surface area contributed by atoms with Crippen molar-refractivity contribution in [3.8, 4) is 5.75 Å². The molecule has 0 unspecified atom stereocenters. The lowest BCUT2D eigenvalue weighted by Gasteiger charge is -2.03. The van der Waals surface area contributed by atoms with Crippen molar-refractivity contribution in [2.75, 3.05) is 19.0 Å². The standard InChI is InChI=1S/C16H16FNO/c17-11-12-19-16-9-5-14(6-10-16)2-1-13-3-7-15(18)8-4-13/h1-10H,11-12,18H2. The fourth-order valence-corrected chi connectivity index (χ4v) is 1.63. The Kier molecular flexibility index (Phi) is 4.56. The molecule has 98 valence electrons. The summed E-state index contributed by atoms with van der Waals surface area (Å²) in [5.41, 5.74) is 8.53. The third-order valence-corrected chi connectivity index (χ3v) is 2.63. The summed E-state index contributed by atoms with van der Waals surface area (Å²) in [5.74, 6) is 0.683. The van der Waals surface area contributed by atoms with Crippen LogP contribution in [0.2, 0.25) is 0 Å². The van der Waals surface area contributed by atoms with Gasteiger partial charge in [0.1, 0.15) is 19.0 Å². The molecule has 2 aromatic rings. The second-order valence-electron chi connectivity index (χ2n) is 4.11.